The number of phenolic OH excluding ortho intramolecular Hbond substituents is 2. The van der Waals surface area contributed by atoms with Gasteiger partial charge in [-0.1, -0.05) is 114 Å². The minimum atomic E-state index is -1.22. The number of nitrogens with one attached hydrogen (secondary N) is 2. The lowest BCUT2D eigenvalue weighted by Crippen LogP contribution is -2.50. The molecule has 0 saturated heterocycles. The van der Waals surface area contributed by atoms with Crippen LogP contribution in [0.4, 0.5) is 0 Å². The maximum absolute atomic E-state index is 13.5. The third-order valence-electron chi connectivity index (χ3n) is 17.3. The van der Waals surface area contributed by atoms with E-state index in [1.54, 1.807) is 6.07 Å². The number of hydrogen-bond acceptors (Lipinski definition) is 8. The van der Waals surface area contributed by atoms with E-state index in [-0.39, 0.29) is 59.5 Å². The molecule has 10 N–H and O–H groups in total. The maximum Gasteiger partial charge on any atom is 0.309 e. The highest BCUT2D eigenvalue weighted by Crippen LogP contribution is 2.59. The number of allylic oxidation sites excluding steroid dienone is 3. The molecule has 0 unspecified atom stereocenters. The fourth-order valence-corrected chi connectivity index (χ4v) is 13.5. The fraction of sp³-hybridized carbons (Fsp3) is 0.576. The van der Waals surface area contributed by atoms with Crippen molar-refractivity contribution in [3.05, 3.63) is 118 Å². The largest absolute Gasteiger partial charge is 0.508 e. The van der Waals surface area contributed by atoms with Crippen molar-refractivity contribution >= 4 is 5.97 Å². The van der Waals surface area contributed by atoms with E-state index in [0.29, 0.717) is 61.9 Å². The highest BCUT2D eigenvalue weighted by atomic mass is 16.4. The summed E-state index contributed by atoms with van der Waals surface area (Å²) >= 11 is 0. The number of carboxylic acids is 1. The van der Waals surface area contributed by atoms with Crippen LogP contribution >= 0.6 is 0 Å². The molecule has 2 bridgehead atoms. The molecule has 2 saturated carbocycles. The van der Waals surface area contributed by atoms with Crippen LogP contribution in [-0.4, -0.2) is 65.9 Å². The van der Waals surface area contributed by atoms with Gasteiger partial charge in [-0.25, -0.2) is 0 Å². The Morgan fingerprint density at radius 3 is 2.38 bits per heavy atom. The first-order valence-corrected chi connectivity index (χ1v) is 26.6. The SMILES string of the molecule is CCCCC[C@@H]1C=C[C@@H](CCCC[C@H]2CC[C@@H](c3cc(CC)c(-c4cc(O)cc(O)c4Cc4ccc(C(C)C)cc4)[nH]3)[C@H]3C[C@@H](CC4=CCNC(N)=C4)[C@@H]4C=C[C@@H](C[C@]34O)[C@H](O)[C@H]2C(=O)O)[C@H](O)C1. The number of carbonyl (C=O) groups is 1. The van der Waals surface area contributed by atoms with Crippen LogP contribution < -0.4 is 11.1 Å². The molecule has 10 nitrogen and oxygen atoms in total. The lowest BCUT2D eigenvalue weighted by atomic mass is 9.62. The predicted octanol–water partition coefficient (Wildman–Crippen LogP) is 10.9. The van der Waals surface area contributed by atoms with Gasteiger partial charge in [-0.3, -0.25) is 4.79 Å². The van der Waals surface area contributed by atoms with Crippen LogP contribution in [0.1, 0.15) is 157 Å². The number of nitrogens with two attached hydrogens (primary N) is 1. The molecule has 10 heteroatoms. The lowest BCUT2D eigenvalue weighted by molar-refractivity contribution is -0.153. The van der Waals surface area contributed by atoms with Crippen molar-refractivity contribution in [1.82, 2.24) is 10.3 Å². The van der Waals surface area contributed by atoms with Crippen LogP contribution in [0.5, 0.6) is 11.5 Å². The Morgan fingerprint density at radius 2 is 1.67 bits per heavy atom. The summed E-state index contributed by atoms with van der Waals surface area (Å²) in [6.07, 6.45) is 23.9. The van der Waals surface area contributed by atoms with Gasteiger partial charge in [0, 0.05) is 65.2 Å². The second-order valence-electron chi connectivity index (χ2n) is 22.1. The average Bonchev–Trinajstić information content (AvgIpc) is 3.87. The number of aliphatic hydroxyl groups is 3. The Kier molecular flexibility index (Phi) is 16.2. The number of fused-ring (bicyclic) bond motifs is 1. The van der Waals surface area contributed by atoms with Crippen molar-refractivity contribution in [1.29, 1.82) is 0 Å². The smallest absolute Gasteiger partial charge is 0.309 e. The molecule has 0 amide bonds. The highest BCUT2D eigenvalue weighted by Gasteiger charge is 2.59. The average molecular weight is 944 g/mol. The summed E-state index contributed by atoms with van der Waals surface area (Å²) in [6.45, 7) is 9.30. The summed E-state index contributed by atoms with van der Waals surface area (Å²) in [6, 6.07) is 13.8. The number of hydrogen-bond donors (Lipinski definition) is 9. The Hall–Kier alpha value is -4.77. The van der Waals surface area contributed by atoms with Crippen molar-refractivity contribution in [3.63, 3.8) is 0 Å². The molecule has 374 valence electrons. The Balaban J connectivity index is 1.13. The molecule has 0 radical (unpaired) electrons. The number of aliphatic carboxylic acids is 1. The predicted molar refractivity (Wildman–Crippen MR) is 274 cm³/mol. The zero-order valence-electron chi connectivity index (χ0n) is 41.6. The number of phenols is 2. The first-order valence-electron chi connectivity index (χ1n) is 26.6. The van der Waals surface area contributed by atoms with Crippen LogP contribution in [0.3, 0.4) is 0 Å². The molecule has 1 aromatic heterocycles. The number of dihydropyridines is 1. The van der Waals surface area contributed by atoms with Gasteiger partial charge in [0.25, 0.3) is 0 Å². The maximum atomic E-state index is 13.5. The number of rotatable bonds is 18. The summed E-state index contributed by atoms with van der Waals surface area (Å²) in [7, 11) is 0. The van der Waals surface area contributed by atoms with E-state index in [1.807, 2.05) is 12.2 Å². The molecule has 12 atom stereocenters. The summed E-state index contributed by atoms with van der Waals surface area (Å²) in [4.78, 5) is 17.3. The molecule has 8 rings (SSSR count). The van der Waals surface area contributed by atoms with Gasteiger partial charge in [-0.05, 0) is 134 Å². The number of carboxylic acid groups (broad SMARTS) is 1. The second-order valence-corrected chi connectivity index (χ2v) is 22.1. The van der Waals surface area contributed by atoms with Crippen molar-refractivity contribution in [2.45, 2.75) is 160 Å². The molecule has 69 heavy (non-hydrogen) atoms. The second kappa shape index (κ2) is 22.1. The molecule has 3 aromatic rings. The zero-order valence-corrected chi connectivity index (χ0v) is 41.6. The highest BCUT2D eigenvalue weighted by molar-refractivity contribution is 5.73. The summed E-state index contributed by atoms with van der Waals surface area (Å²) < 4.78 is 0. The van der Waals surface area contributed by atoms with Crippen LogP contribution in [0.25, 0.3) is 11.3 Å². The molecule has 5 aliphatic rings. The minimum absolute atomic E-state index is 0.0225. The number of unbranched alkanes of at least 4 members (excludes halogenated alkanes) is 3. The standard InChI is InChI=1S/C59H81N3O7/c1-5-7-8-11-36-16-19-41(52(64)28-36)12-9-10-13-42-20-22-46(50-30-44(26-38-24-25-61-54(60)29-38)49-23-21-43(34-59(49,50)69)57(66)55(42)58(67)68)51-31-39(6-2)56(62-51)48-32-45(63)33-53(65)47(48)27-37-14-17-40(18-15-37)35(3)4/h14-19,21,23-24,29,31-33,35-36,41-44,46,49-50,52,55,57,61-66,69H,5-13,20,22,25-28,30,34,60H2,1-4H3,(H,67,68)/t36-,41-,42+,43+,44-,46-,49+,50-,52-,55+,57+,59-/m1/s1. The van der Waals surface area contributed by atoms with Crippen molar-refractivity contribution in [3.8, 4) is 22.8 Å². The third kappa shape index (κ3) is 11.2. The van der Waals surface area contributed by atoms with Crippen molar-refractivity contribution < 1.29 is 35.4 Å². The summed E-state index contributed by atoms with van der Waals surface area (Å²) in [5.74, 6) is -1.84. The molecule has 0 spiro atoms. The van der Waals surface area contributed by atoms with E-state index in [4.69, 9.17) is 5.73 Å². The quantitative estimate of drug-likeness (QED) is 0.0441. The topological polar surface area (TPSA) is 192 Å². The van der Waals surface area contributed by atoms with Crippen LogP contribution in [0.2, 0.25) is 0 Å². The van der Waals surface area contributed by atoms with Gasteiger partial charge in [0.05, 0.1) is 29.5 Å². The van der Waals surface area contributed by atoms with Gasteiger partial charge in [0.1, 0.15) is 11.5 Å². The van der Waals surface area contributed by atoms with Gasteiger partial charge in [0.2, 0.25) is 0 Å². The van der Waals surface area contributed by atoms with E-state index in [2.05, 4.69) is 92.6 Å². The van der Waals surface area contributed by atoms with E-state index in [9.17, 15) is 35.4 Å². The molecule has 2 heterocycles. The number of benzene rings is 2. The zero-order chi connectivity index (χ0) is 49.0. The van der Waals surface area contributed by atoms with Crippen molar-refractivity contribution in [2.24, 2.45) is 53.1 Å². The van der Waals surface area contributed by atoms with Crippen LogP contribution in [0, 0.1) is 47.3 Å². The number of aromatic nitrogens is 1. The van der Waals surface area contributed by atoms with Gasteiger partial charge >= 0.3 is 5.97 Å². The molecule has 4 aliphatic carbocycles. The molecular weight excluding hydrogens is 863 g/mol. The van der Waals surface area contributed by atoms with E-state index in [1.165, 1.54) is 30.9 Å². The van der Waals surface area contributed by atoms with Crippen LogP contribution in [0.15, 0.2) is 90.3 Å². The number of aliphatic hydroxyl groups excluding tert-OH is 2. The lowest BCUT2D eigenvalue weighted by Gasteiger charge is -2.46. The van der Waals surface area contributed by atoms with Crippen LogP contribution in [-0.2, 0) is 17.6 Å². The molecule has 2 aromatic carbocycles. The fourth-order valence-electron chi connectivity index (χ4n) is 13.5. The Morgan fingerprint density at radius 1 is 0.899 bits per heavy atom. The molecule has 2 fully saturated rings. The van der Waals surface area contributed by atoms with Gasteiger partial charge in [-0.15, -0.1) is 0 Å². The first kappa shape index (κ1) is 50.6. The Bertz CT molecular complexity index is 2360. The molecule has 1 aliphatic heterocycles. The molecular formula is C59H81N3O7. The summed E-state index contributed by atoms with van der Waals surface area (Å²) in [5, 5.41) is 73.5. The van der Waals surface area contributed by atoms with E-state index < -0.39 is 29.5 Å². The number of aromatic hydroxyl groups is 2. The monoisotopic (exact) mass is 944 g/mol. The van der Waals surface area contributed by atoms with Gasteiger partial charge in [-0.2, -0.15) is 0 Å². The number of aryl methyl sites for hydroxylation is 1. The van der Waals surface area contributed by atoms with Gasteiger partial charge in [0.15, 0.2) is 0 Å². The number of H-pyrrole nitrogens is 1. The number of aromatic amines is 1. The summed E-state index contributed by atoms with van der Waals surface area (Å²) in [5.41, 5.74) is 12.7. The normalized spacial score (nSPS) is 31.0. The minimum Gasteiger partial charge on any atom is -0.508 e. The Labute approximate surface area is 410 Å². The first-order chi connectivity index (χ1) is 33.2. The van der Waals surface area contributed by atoms with E-state index >= 15 is 0 Å². The van der Waals surface area contributed by atoms with Crippen molar-refractivity contribution in [2.75, 3.05) is 6.54 Å². The van der Waals surface area contributed by atoms with Gasteiger partial charge < -0.3 is 46.7 Å². The van der Waals surface area contributed by atoms with E-state index in [0.717, 1.165) is 78.6 Å². The third-order valence-corrected chi connectivity index (χ3v) is 17.3.